The average Bonchev–Trinajstić information content (AvgIpc) is 2.74. The predicted molar refractivity (Wildman–Crippen MR) is 110 cm³/mol. The molecule has 3 rings (SSSR count). The molecular weight excluding hydrogens is 408 g/mol. The maximum atomic E-state index is 13.1. The molecule has 1 amide bonds. The molecule has 0 radical (unpaired) electrons. The summed E-state index contributed by atoms with van der Waals surface area (Å²) < 4.78 is 10.5. The van der Waals surface area contributed by atoms with E-state index in [2.05, 4.69) is 4.98 Å². The number of ether oxygens (including phenoxy) is 2. The van der Waals surface area contributed by atoms with Crippen LogP contribution in [0.3, 0.4) is 0 Å². The number of hydrogen-bond acceptors (Lipinski definition) is 6. The number of carbonyl (C=O) groups is 3. The van der Waals surface area contributed by atoms with Gasteiger partial charge >= 0.3 is 12.1 Å². The van der Waals surface area contributed by atoms with Crippen LogP contribution in [0.15, 0.2) is 48.8 Å². The Balaban J connectivity index is 1.79. The van der Waals surface area contributed by atoms with Gasteiger partial charge < -0.3 is 9.47 Å². The highest BCUT2D eigenvalue weighted by Crippen LogP contribution is 2.42. The Bertz CT molecular complexity index is 936. The molecule has 0 spiro atoms. The van der Waals surface area contributed by atoms with Crippen molar-refractivity contribution in [2.24, 2.45) is 0 Å². The lowest BCUT2D eigenvalue weighted by Crippen LogP contribution is -2.54. The third kappa shape index (κ3) is 4.31. The maximum absolute atomic E-state index is 13.1. The lowest BCUT2D eigenvalue weighted by Gasteiger charge is -2.43. The number of benzene rings is 1. The molecule has 1 saturated carbocycles. The van der Waals surface area contributed by atoms with Crippen LogP contribution in [0.1, 0.15) is 48.5 Å². The smallest absolute Gasteiger partial charge is 0.413 e. The number of likely N-dealkylation sites (N-methyl/N-ethyl adjacent to an activating group) is 1. The summed E-state index contributed by atoms with van der Waals surface area (Å²) in [7, 11) is 1.50. The molecule has 1 aliphatic rings. The highest BCUT2D eigenvalue weighted by Gasteiger charge is 2.48. The van der Waals surface area contributed by atoms with E-state index in [0.29, 0.717) is 23.4 Å². The minimum Gasteiger partial charge on any atom is -0.422 e. The Kier molecular flexibility index (Phi) is 6.72. The highest BCUT2D eigenvalue weighted by molar-refractivity contribution is 6.31. The third-order valence-electron chi connectivity index (χ3n) is 5.26. The van der Waals surface area contributed by atoms with E-state index >= 15 is 0 Å². The molecule has 1 aliphatic carbocycles. The number of rotatable bonds is 5. The Morgan fingerprint density at radius 2 is 1.93 bits per heavy atom. The normalized spacial score (nSPS) is 19.6. The first-order valence-corrected chi connectivity index (χ1v) is 10.1. The minimum absolute atomic E-state index is 0.0960. The van der Waals surface area contributed by atoms with E-state index in [9.17, 15) is 14.4 Å². The van der Waals surface area contributed by atoms with E-state index in [1.807, 2.05) is 0 Å². The molecule has 8 heteroatoms. The first kappa shape index (κ1) is 21.8. The second-order valence-corrected chi connectivity index (χ2v) is 7.54. The highest BCUT2D eigenvalue weighted by atomic mass is 35.5. The molecule has 1 fully saturated rings. The van der Waals surface area contributed by atoms with E-state index in [-0.39, 0.29) is 11.3 Å². The van der Waals surface area contributed by atoms with Crippen molar-refractivity contribution in [3.63, 3.8) is 0 Å². The number of aromatic nitrogens is 1. The Labute approximate surface area is 179 Å². The number of ketones is 1. The maximum Gasteiger partial charge on any atom is 0.413 e. The van der Waals surface area contributed by atoms with Gasteiger partial charge in [0.05, 0.1) is 5.56 Å². The van der Waals surface area contributed by atoms with Gasteiger partial charge in [0.2, 0.25) is 6.29 Å². The van der Waals surface area contributed by atoms with Crippen LogP contribution < -0.4 is 0 Å². The summed E-state index contributed by atoms with van der Waals surface area (Å²) in [5, 5.41) is 0.406. The molecule has 0 bridgehead atoms. The molecule has 1 heterocycles. The van der Waals surface area contributed by atoms with Crippen LogP contribution in [-0.2, 0) is 19.8 Å². The van der Waals surface area contributed by atoms with Gasteiger partial charge in [-0.15, -0.1) is 0 Å². The molecule has 0 saturated heterocycles. The van der Waals surface area contributed by atoms with Crippen molar-refractivity contribution in [2.45, 2.75) is 44.4 Å². The lowest BCUT2D eigenvalue weighted by atomic mass is 9.74. The number of Topliss-reactive ketones (excluding diaryl/α,β-unsaturated/α-hetero) is 1. The molecule has 1 aromatic carbocycles. The zero-order valence-electron chi connectivity index (χ0n) is 16.8. The van der Waals surface area contributed by atoms with Crippen molar-refractivity contribution < 1.29 is 23.9 Å². The number of nitrogens with zero attached hydrogens (tertiary/aromatic N) is 2. The lowest BCUT2D eigenvalue weighted by molar-refractivity contribution is -0.135. The van der Waals surface area contributed by atoms with Crippen LogP contribution in [0, 0.1) is 0 Å². The molecule has 0 aliphatic heterocycles. The van der Waals surface area contributed by atoms with Gasteiger partial charge in [0.25, 0.3) is 0 Å². The topological polar surface area (TPSA) is 85.8 Å². The first-order valence-electron chi connectivity index (χ1n) is 9.70. The second kappa shape index (κ2) is 9.26. The van der Waals surface area contributed by atoms with Gasteiger partial charge in [-0.3, -0.25) is 14.7 Å². The van der Waals surface area contributed by atoms with Crippen LogP contribution in [0.4, 0.5) is 4.79 Å². The number of hydrogen-bond donors (Lipinski definition) is 0. The average molecular weight is 431 g/mol. The number of amides is 1. The van der Waals surface area contributed by atoms with Gasteiger partial charge in [-0.25, -0.2) is 9.59 Å². The molecule has 1 aromatic heterocycles. The van der Waals surface area contributed by atoms with Crippen molar-refractivity contribution in [2.75, 3.05) is 7.05 Å². The Morgan fingerprint density at radius 3 is 2.60 bits per heavy atom. The monoisotopic (exact) mass is 430 g/mol. The molecule has 158 valence electrons. The predicted octanol–water partition coefficient (Wildman–Crippen LogP) is 4.34. The van der Waals surface area contributed by atoms with Crippen LogP contribution in [0.2, 0.25) is 5.02 Å². The molecule has 7 nitrogen and oxygen atoms in total. The minimum atomic E-state index is -1.22. The standard InChI is InChI=1S/C22H23ClN2O5/c1-15(29-20(27)16-8-7-13-24-14-16)30-21(28)25(2)22(12-6-5-11-19(22)26)17-9-3-4-10-18(17)23/h3-4,7-10,13-15H,5-6,11-12H2,1-2H3. The summed E-state index contributed by atoms with van der Waals surface area (Å²) in [5.41, 5.74) is -0.416. The van der Waals surface area contributed by atoms with Crippen LogP contribution >= 0.6 is 11.6 Å². The summed E-state index contributed by atoms with van der Waals surface area (Å²) in [5.74, 6) is -0.762. The van der Waals surface area contributed by atoms with E-state index < -0.39 is 23.9 Å². The van der Waals surface area contributed by atoms with E-state index in [1.54, 1.807) is 36.4 Å². The second-order valence-electron chi connectivity index (χ2n) is 7.13. The summed E-state index contributed by atoms with van der Waals surface area (Å²) in [6.07, 6.45) is 3.25. The number of carbonyl (C=O) groups excluding carboxylic acids is 3. The Morgan fingerprint density at radius 1 is 1.17 bits per heavy atom. The van der Waals surface area contributed by atoms with Gasteiger partial charge in [-0.1, -0.05) is 29.8 Å². The summed E-state index contributed by atoms with van der Waals surface area (Å²) in [6.45, 7) is 1.44. The van der Waals surface area contributed by atoms with Gasteiger partial charge in [0.1, 0.15) is 5.54 Å². The SMILES string of the molecule is CC(OC(=O)c1cccnc1)OC(=O)N(C)C1(c2ccccc2Cl)CCCCC1=O. The van der Waals surface area contributed by atoms with Crippen molar-refractivity contribution >= 4 is 29.4 Å². The molecule has 2 aromatic rings. The third-order valence-corrected chi connectivity index (χ3v) is 5.59. The fraction of sp³-hybridized carbons (Fsp3) is 0.364. The van der Waals surface area contributed by atoms with Crippen molar-refractivity contribution in [3.05, 3.63) is 64.9 Å². The zero-order chi connectivity index (χ0) is 21.7. The van der Waals surface area contributed by atoms with Crippen molar-refractivity contribution in [3.8, 4) is 0 Å². The van der Waals surface area contributed by atoms with Crippen LogP contribution in [-0.4, -0.2) is 41.1 Å². The van der Waals surface area contributed by atoms with Gasteiger partial charge in [0, 0.05) is 43.4 Å². The number of halogens is 1. The van der Waals surface area contributed by atoms with Crippen molar-refractivity contribution in [1.82, 2.24) is 9.88 Å². The van der Waals surface area contributed by atoms with Gasteiger partial charge in [0.15, 0.2) is 5.78 Å². The fourth-order valence-electron chi connectivity index (χ4n) is 3.73. The van der Waals surface area contributed by atoms with Crippen molar-refractivity contribution in [1.29, 1.82) is 0 Å². The van der Waals surface area contributed by atoms with E-state index in [4.69, 9.17) is 21.1 Å². The zero-order valence-corrected chi connectivity index (χ0v) is 17.6. The van der Waals surface area contributed by atoms with Gasteiger partial charge in [-0.05, 0) is 37.5 Å². The first-order chi connectivity index (χ1) is 14.4. The summed E-state index contributed by atoms with van der Waals surface area (Å²) in [4.78, 5) is 43.2. The molecule has 2 unspecified atom stereocenters. The number of esters is 1. The molecule has 30 heavy (non-hydrogen) atoms. The Hall–Kier alpha value is -2.93. The summed E-state index contributed by atoms with van der Waals surface area (Å²) >= 11 is 6.40. The number of pyridine rings is 1. The van der Waals surface area contributed by atoms with Crippen LogP contribution in [0.25, 0.3) is 0 Å². The quantitative estimate of drug-likeness (QED) is 0.518. The molecule has 0 N–H and O–H groups in total. The van der Waals surface area contributed by atoms with E-state index in [0.717, 1.165) is 12.8 Å². The van der Waals surface area contributed by atoms with Gasteiger partial charge in [-0.2, -0.15) is 0 Å². The summed E-state index contributed by atoms with van der Waals surface area (Å²) in [6, 6.07) is 10.1. The van der Waals surface area contributed by atoms with E-state index in [1.165, 1.54) is 31.3 Å². The molecular formula is C22H23ClN2O5. The molecule has 2 atom stereocenters. The van der Waals surface area contributed by atoms with Crippen LogP contribution in [0.5, 0.6) is 0 Å². The fourth-order valence-corrected chi connectivity index (χ4v) is 4.02. The largest absolute Gasteiger partial charge is 0.422 e.